The molecule has 1 fully saturated rings. The Hall–Kier alpha value is -1.25. The minimum Gasteiger partial charge on any atom is -0.355 e. The highest BCUT2D eigenvalue weighted by Gasteiger charge is 2.33. The number of benzene rings is 2. The highest BCUT2D eigenvalue weighted by molar-refractivity contribution is 7.98. The molecule has 9 heteroatoms. The van der Waals surface area contributed by atoms with E-state index in [1.165, 1.54) is 4.31 Å². The van der Waals surface area contributed by atoms with Crippen LogP contribution in [0, 0.1) is 12.8 Å². The molecular formula is C22H26Cl2N2O3S2. The first kappa shape index (κ1) is 24.4. The molecule has 2 aromatic carbocycles. The summed E-state index contributed by atoms with van der Waals surface area (Å²) in [4.78, 5) is 12.9. The molecule has 0 radical (unpaired) electrons. The normalized spacial score (nSPS) is 17.5. The largest absolute Gasteiger partial charge is 0.355 e. The highest BCUT2D eigenvalue weighted by Crippen LogP contribution is 2.25. The van der Waals surface area contributed by atoms with Crippen LogP contribution in [-0.4, -0.2) is 44.0 Å². The van der Waals surface area contributed by atoms with Crippen molar-refractivity contribution in [3.8, 4) is 0 Å². The number of sulfonamides is 1. The molecule has 1 aliphatic heterocycles. The van der Waals surface area contributed by atoms with Crippen LogP contribution in [-0.2, 0) is 20.6 Å². The summed E-state index contributed by atoms with van der Waals surface area (Å²) in [5, 5.41) is 4.19. The molecule has 0 saturated carbocycles. The standard InChI is InChI=1S/C22H26Cl2N2O3S2/c1-16-4-8-20(9-5-16)31(28,29)26-11-2-3-17(14-26)22(27)25-10-12-30-15-18-6-7-19(23)13-21(18)24/h4-9,13,17H,2-3,10-12,14-15H2,1H3,(H,25,27)/t17-/m0/s1. The van der Waals surface area contributed by atoms with Crippen LogP contribution in [0.5, 0.6) is 0 Å². The summed E-state index contributed by atoms with van der Waals surface area (Å²) in [6, 6.07) is 12.3. The van der Waals surface area contributed by atoms with Gasteiger partial charge in [0.25, 0.3) is 0 Å². The van der Waals surface area contributed by atoms with Crippen molar-refractivity contribution in [1.29, 1.82) is 0 Å². The van der Waals surface area contributed by atoms with Gasteiger partial charge in [-0.1, -0.05) is 47.0 Å². The molecular weight excluding hydrogens is 475 g/mol. The molecule has 1 N–H and O–H groups in total. The number of amides is 1. The lowest BCUT2D eigenvalue weighted by Crippen LogP contribution is -2.45. The van der Waals surface area contributed by atoms with Gasteiger partial charge in [-0.2, -0.15) is 16.1 Å². The molecule has 1 amide bonds. The molecule has 168 valence electrons. The fourth-order valence-electron chi connectivity index (χ4n) is 3.45. The fourth-order valence-corrected chi connectivity index (χ4v) is 6.39. The van der Waals surface area contributed by atoms with Crippen molar-refractivity contribution in [3.05, 3.63) is 63.6 Å². The second-order valence-electron chi connectivity index (χ2n) is 7.59. The predicted molar refractivity (Wildman–Crippen MR) is 128 cm³/mol. The number of halogens is 2. The van der Waals surface area contributed by atoms with Gasteiger partial charge < -0.3 is 5.32 Å². The fraction of sp³-hybridized carbons (Fsp3) is 0.409. The van der Waals surface area contributed by atoms with Crippen molar-refractivity contribution in [2.45, 2.75) is 30.4 Å². The molecule has 0 bridgehead atoms. The zero-order valence-electron chi connectivity index (χ0n) is 17.3. The van der Waals surface area contributed by atoms with E-state index < -0.39 is 10.0 Å². The molecule has 3 rings (SSSR count). The second-order valence-corrected chi connectivity index (χ2v) is 11.5. The molecule has 0 spiro atoms. The van der Waals surface area contributed by atoms with Gasteiger partial charge in [0.1, 0.15) is 0 Å². The summed E-state index contributed by atoms with van der Waals surface area (Å²) >= 11 is 13.8. The van der Waals surface area contributed by atoms with Crippen LogP contribution in [0.4, 0.5) is 0 Å². The minimum atomic E-state index is -3.58. The summed E-state index contributed by atoms with van der Waals surface area (Å²) in [6.45, 7) is 3.10. The van der Waals surface area contributed by atoms with E-state index in [4.69, 9.17) is 23.2 Å². The smallest absolute Gasteiger partial charge is 0.243 e. The first-order valence-electron chi connectivity index (χ1n) is 10.1. The van der Waals surface area contributed by atoms with Crippen LogP contribution in [0.1, 0.15) is 24.0 Å². The molecule has 0 unspecified atom stereocenters. The molecule has 0 aliphatic carbocycles. The average molecular weight is 502 g/mol. The lowest BCUT2D eigenvalue weighted by atomic mass is 9.99. The van der Waals surface area contributed by atoms with Crippen LogP contribution in [0.3, 0.4) is 0 Å². The van der Waals surface area contributed by atoms with Crippen LogP contribution in [0.15, 0.2) is 47.4 Å². The number of carbonyl (C=O) groups excluding carboxylic acids is 1. The van der Waals surface area contributed by atoms with E-state index in [9.17, 15) is 13.2 Å². The lowest BCUT2D eigenvalue weighted by Gasteiger charge is -2.31. The maximum Gasteiger partial charge on any atom is 0.243 e. The molecule has 1 atom stereocenters. The Kier molecular flexibility index (Phi) is 8.70. The van der Waals surface area contributed by atoms with Gasteiger partial charge in [0.2, 0.25) is 15.9 Å². The molecule has 0 aromatic heterocycles. The Labute approximate surface area is 198 Å². The Morgan fingerprint density at radius 2 is 1.94 bits per heavy atom. The zero-order valence-corrected chi connectivity index (χ0v) is 20.5. The summed E-state index contributed by atoms with van der Waals surface area (Å²) in [5.74, 6) is 1.05. The number of carbonyl (C=O) groups is 1. The van der Waals surface area contributed by atoms with Gasteiger partial charge in [-0.05, 0) is 49.6 Å². The van der Waals surface area contributed by atoms with Gasteiger partial charge in [0.15, 0.2) is 0 Å². The van der Waals surface area contributed by atoms with Crippen LogP contribution in [0.25, 0.3) is 0 Å². The molecule has 1 heterocycles. The number of nitrogens with zero attached hydrogens (tertiary/aromatic N) is 1. The number of rotatable bonds is 8. The topological polar surface area (TPSA) is 66.5 Å². The Morgan fingerprint density at radius 1 is 1.19 bits per heavy atom. The summed E-state index contributed by atoms with van der Waals surface area (Å²) in [5.41, 5.74) is 2.01. The van der Waals surface area contributed by atoms with E-state index >= 15 is 0 Å². The highest BCUT2D eigenvalue weighted by atomic mass is 35.5. The lowest BCUT2D eigenvalue weighted by molar-refractivity contribution is -0.125. The third kappa shape index (κ3) is 6.62. The van der Waals surface area contributed by atoms with E-state index in [1.54, 1.807) is 42.1 Å². The molecule has 5 nitrogen and oxygen atoms in total. The van der Waals surface area contributed by atoms with Gasteiger partial charge >= 0.3 is 0 Å². The monoisotopic (exact) mass is 500 g/mol. The maximum atomic E-state index is 12.9. The number of hydrogen-bond donors (Lipinski definition) is 1. The van der Waals surface area contributed by atoms with Gasteiger partial charge in [-0.25, -0.2) is 8.42 Å². The third-order valence-electron chi connectivity index (χ3n) is 5.23. The predicted octanol–water partition coefficient (Wildman–Crippen LogP) is 4.75. The zero-order chi connectivity index (χ0) is 22.4. The van der Waals surface area contributed by atoms with Gasteiger partial charge in [0.05, 0.1) is 10.8 Å². The SMILES string of the molecule is Cc1ccc(S(=O)(=O)N2CCC[C@H](C(=O)NCCSCc3ccc(Cl)cc3Cl)C2)cc1. The van der Waals surface area contributed by atoms with E-state index in [1.807, 2.05) is 19.1 Å². The first-order valence-corrected chi connectivity index (χ1v) is 13.5. The minimum absolute atomic E-state index is 0.0890. The van der Waals surface area contributed by atoms with Crippen molar-refractivity contribution in [3.63, 3.8) is 0 Å². The number of aryl methyl sites for hydroxylation is 1. The molecule has 1 aliphatic rings. The third-order valence-corrected chi connectivity index (χ3v) is 8.71. The number of hydrogen-bond acceptors (Lipinski definition) is 4. The number of thioether (sulfide) groups is 1. The summed E-state index contributed by atoms with van der Waals surface area (Å²) in [6.07, 6.45) is 1.37. The quantitative estimate of drug-likeness (QED) is 0.530. The van der Waals surface area contributed by atoms with E-state index in [-0.39, 0.29) is 23.3 Å². The van der Waals surface area contributed by atoms with Crippen molar-refractivity contribution in [1.82, 2.24) is 9.62 Å². The maximum absolute atomic E-state index is 12.9. The number of piperidine rings is 1. The Bertz CT molecular complexity index is 1010. The Balaban J connectivity index is 1.46. The van der Waals surface area contributed by atoms with Crippen LogP contribution in [0.2, 0.25) is 10.0 Å². The van der Waals surface area contributed by atoms with Crippen molar-refractivity contribution >= 4 is 50.9 Å². The molecule has 31 heavy (non-hydrogen) atoms. The van der Waals surface area contributed by atoms with Gasteiger partial charge in [0, 0.05) is 41.2 Å². The average Bonchev–Trinajstić information content (AvgIpc) is 2.75. The first-order chi connectivity index (χ1) is 14.8. The van der Waals surface area contributed by atoms with E-state index in [0.717, 1.165) is 22.6 Å². The molecule has 2 aromatic rings. The summed E-state index contributed by atoms with van der Waals surface area (Å²) < 4.78 is 27.3. The second kappa shape index (κ2) is 11.1. The Morgan fingerprint density at radius 3 is 2.65 bits per heavy atom. The van der Waals surface area contributed by atoms with Crippen molar-refractivity contribution in [2.24, 2.45) is 5.92 Å². The van der Waals surface area contributed by atoms with Crippen molar-refractivity contribution < 1.29 is 13.2 Å². The van der Waals surface area contributed by atoms with E-state index in [0.29, 0.717) is 36.0 Å². The number of nitrogens with one attached hydrogen (secondary N) is 1. The summed E-state index contributed by atoms with van der Waals surface area (Å²) in [7, 11) is -3.58. The van der Waals surface area contributed by atoms with Crippen LogP contribution < -0.4 is 5.32 Å². The van der Waals surface area contributed by atoms with Gasteiger partial charge in [-0.3, -0.25) is 4.79 Å². The van der Waals surface area contributed by atoms with Crippen LogP contribution >= 0.6 is 35.0 Å². The van der Waals surface area contributed by atoms with Gasteiger partial charge in [-0.15, -0.1) is 0 Å². The van der Waals surface area contributed by atoms with Crippen molar-refractivity contribution in [2.75, 3.05) is 25.4 Å². The van der Waals surface area contributed by atoms with E-state index in [2.05, 4.69) is 5.32 Å². The molecule has 1 saturated heterocycles.